The van der Waals surface area contributed by atoms with Crippen LogP contribution in [0, 0.1) is 5.92 Å². The lowest BCUT2D eigenvalue weighted by atomic mass is 10.2. The normalized spacial score (nSPS) is 22.2. The second kappa shape index (κ2) is 6.18. The molecule has 0 aromatic carbocycles. The van der Waals surface area contributed by atoms with Crippen LogP contribution < -0.4 is 15.8 Å². The zero-order valence-corrected chi connectivity index (χ0v) is 13.1. The quantitative estimate of drug-likeness (QED) is 0.865. The van der Waals surface area contributed by atoms with E-state index in [0.29, 0.717) is 23.8 Å². The fourth-order valence-electron chi connectivity index (χ4n) is 3.09. The minimum atomic E-state index is 0.0597. The van der Waals surface area contributed by atoms with Gasteiger partial charge in [0.05, 0.1) is 0 Å². The van der Waals surface area contributed by atoms with Crippen LogP contribution in [-0.2, 0) is 6.54 Å². The molecule has 2 aliphatic rings. The van der Waals surface area contributed by atoms with E-state index in [-0.39, 0.29) is 5.56 Å². The van der Waals surface area contributed by atoms with Crippen LogP contribution in [0.5, 0.6) is 0 Å². The molecule has 3 rings (SSSR count). The average molecular weight is 290 g/mol. The van der Waals surface area contributed by atoms with Gasteiger partial charge in [-0.3, -0.25) is 4.79 Å². The van der Waals surface area contributed by atoms with Gasteiger partial charge in [-0.25, -0.2) is 4.98 Å². The van der Waals surface area contributed by atoms with Crippen molar-refractivity contribution in [3.8, 4) is 0 Å². The van der Waals surface area contributed by atoms with Crippen LogP contribution in [0.25, 0.3) is 0 Å². The number of nitrogens with one attached hydrogen (secondary N) is 1. The first kappa shape index (κ1) is 14.6. The molecular formula is C16H26N4O. The maximum absolute atomic E-state index is 12.6. The van der Waals surface area contributed by atoms with Crippen molar-refractivity contribution < 1.29 is 0 Å². The van der Waals surface area contributed by atoms with E-state index in [4.69, 9.17) is 0 Å². The molecule has 1 aliphatic heterocycles. The van der Waals surface area contributed by atoms with Gasteiger partial charge in [0.2, 0.25) is 0 Å². The third-order valence-corrected chi connectivity index (χ3v) is 4.33. The molecule has 0 bridgehead atoms. The lowest BCUT2D eigenvalue weighted by Gasteiger charge is -2.26. The van der Waals surface area contributed by atoms with Crippen LogP contribution in [0.4, 0.5) is 5.82 Å². The minimum absolute atomic E-state index is 0.0597. The number of aromatic nitrogens is 2. The van der Waals surface area contributed by atoms with Crippen molar-refractivity contribution in [3.05, 3.63) is 22.7 Å². The highest BCUT2D eigenvalue weighted by Gasteiger charge is 2.30. The Hall–Kier alpha value is -1.36. The molecule has 0 spiro atoms. The Balaban J connectivity index is 1.76. The molecule has 1 unspecified atom stereocenters. The Bertz CT molecular complexity index is 535. The van der Waals surface area contributed by atoms with Crippen LogP contribution in [0.1, 0.15) is 39.5 Å². The van der Waals surface area contributed by atoms with Gasteiger partial charge in [0.15, 0.2) is 5.82 Å². The molecule has 1 aliphatic carbocycles. The lowest BCUT2D eigenvalue weighted by molar-refractivity contribution is 0.505. The largest absolute Gasteiger partial charge is 0.348 e. The van der Waals surface area contributed by atoms with Crippen LogP contribution >= 0.6 is 0 Å². The highest BCUT2D eigenvalue weighted by molar-refractivity contribution is 5.39. The van der Waals surface area contributed by atoms with E-state index in [1.165, 1.54) is 12.8 Å². The topological polar surface area (TPSA) is 50.2 Å². The molecule has 1 saturated carbocycles. The van der Waals surface area contributed by atoms with Crippen molar-refractivity contribution >= 4 is 5.82 Å². The summed E-state index contributed by atoms with van der Waals surface area (Å²) in [6.07, 6.45) is 8.48. The third kappa shape index (κ3) is 3.46. The Labute approximate surface area is 126 Å². The molecule has 116 valence electrons. The number of hydrogen-bond acceptors (Lipinski definition) is 4. The van der Waals surface area contributed by atoms with E-state index in [1.807, 2.05) is 0 Å². The average Bonchev–Trinajstić information content (AvgIpc) is 3.16. The van der Waals surface area contributed by atoms with E-state index < -0.39 is 0 Å². The molecule has 1 atom stereocenters. The predicted octanol–water partition coefficient (Wildman–Crippen LogP) is 1.62. The molecule has 2 heterocycles. The van der Waals surface area contributed by atoms with Gasteiger partial charge in [-0.15, -0.1) is 0 Å². The minimum Gasteiger partial charge on any atom is -0.348 e. The fraction of sp³-hybridized carbons (Fsp3) is 0.750. The summed E-state index contributed by atoms with van der Waals surface area (Å²) in [5.41, 5.74) is 0.0597. The van der Waals surface area contributed by atoms with E-state index in [2.05, 4.69) is 29.0 Å². The summed E-state index contributed by atoms with van der Waals surface area (Å²) in [4.78, 5) is 19.2. The Kier molecular flexibility index (Phi) is 4.29. The summed E-state index contributed by atoms with van der Waals surface area (Å²) < 4.78 is 1.80. The van der Waals surface area contributed by atoms with Crippen molar-refractivity contribution in [1.82, 2.24) is 14.9 Å². The second-order valence-corrected chi connectivity index (χ2v) is 6.77. The summed E-state index contributed by atoms with van der Waals surface area (Å²) in [7, 11) is 0. The molecule has 5 heteroatoms. The highest BCUT2D eigenvalue weighted by Crippen LogP contribution is 2.23. The smallest absolute Gasteiger partial charge is 0.293 e. The summed E-state index contributed by atoms with van der Waals surface area (Å²) >= 11 is 0. The summed E-state index contributed by atoms with van der Waals surface area (Å²) in [5, 5.41) is 3.59. The van der Waals surface area contributed by atoms with Crippen molar-refractivity contribution in [2.24, 2.45) is 5.92 Å². The second-order valence-electron chi connectivity index (χ2n) is 6.77. The number of anilines is 1. The van der Waals surface area contributed by atoms with Gasteiger partial charge in [-0.1, -0.05) is 13.8 Å². The number of nitrogens with zero attached hydrogens (tertiary/aromatic N) is 3. The van der Waals surface area contributed by atoms with Crippen LogP contribution in [0.3, 0.4) is 0 Å². The maximum Gasteiger partial charge on any atom is 0.293 e. The molecule has 1 N–H and O–H groups in total. The van der Waals surface area contributed by atoms with Gasteiger partial charge in [-0.05, 0) is 31.6 Å². The number of rotatable bonds is 6. The monoisotopic (exact) mass is 290 g/mol. The molecule has 1 aromatic heterocycles. The van der Waals surface area contributed by atoms with Crippen LogP contribution in [0.15, 0.2) is 17.2 Å². The molecule has 5 nitrogen and oxygen atoms in total. The molecule has 21 heavy (non-hydrogen) atoms. The Morgan fingerprint density at radius 2 is 2.19 bits per heavy atom. The molecule has 1 saturated heterocycles. The SMILES string of the molecule is CC(C)Cn1ccnc(N2CCCC2CNC2CC2)c1=O. The van der Waals surface area contributed by atoms with E-state index >= 15 is 0 Å². The zero-order valence-electron chi connectivity index (χ0n) is 13.1. The molecule has 0 amide bonds. The predicted molar refractivity (Wildman–Crippen MR) is 84.7 cm³/mol. The van der Waals surface area contributed by atoms with Crippen molar-refractivity contribution in [1.29, 1.82) is 0 Å². The molecular weight excluding hydrogens is 264 g/mol. The Morgan fingerprint density at radius 1 is 1.38 bits per heavy atom. The van der Waals surface area contributed by atoms with Crippen LogP contribution in [0.2, 0.25) is 0 Å². The van der Waals surface area contributed by atoms with Gasteiger partial charge in [0.25, 0.3) is 5.56 Å². The maximum atomic E-state index is 12.6. The van der Waals surface area contributed by atoms with Gasteiger partial charge < -0.3 is 14.8 Å². The summed E-state index contributed by atoms with van der Waals surface area (Å²) in [5.74, 6) is 1.10. The standard InChI is InChI=1S/C16H26N4O/c1-12(2)11-19-9-7-17-15(16(19)21)20-8-3-4-14(20)10-18-13-5-6-13/h7,9,12-14,18H,3-6,8,10-11H2,1-2H3. The van der Waals surface area contributed by atoms with Crippen molar-refractivity contribution in [2.45, 2.75) is 58.2 Å². The summed E-state index contributed by atoms with van der Waals surface area (Å²) in [6, 6.07) is 1.13. The van der Waals surface area contributed by atoms with Gasteiger partial charge in [0, 0.05) is 44.1 Å². The third-order valence-electron chi connectivity index (χ3n) is 4.33. The first-order valence-corrected chi connectivity index (χ1v) is 8.20. The van der Waals surface area contributed by atoms with Gasteiger partial charge in [0.1, 0.15) is 0 Å². The summed E-state index contributed by atoms with van der Waals surface area (Å²) in [6.45, 7) is 6.94. The van der Waals surface area contributed by atoms with E-state index in [1.54, 1.807) is 17.0 Å². The first-order valence-electron chi connectivity index (χ1n) is 8.20. The molecule has 0 radical (unpaired) electrons. The van der Waals surface area contributed by atoms with E-state index in [9.17, 15) is 4.79 Å². The van der Waals surface area contributed by atoms with Crippen molar-refractivity contribution in [3.63, 3.8) is 0 Å². The number of hydrogen-bond donors (Lipinski definition) is 1. The Morgan fingerprint density at radius 3 is 2.90 bits per heavy atom. The zero-order chi connectivity index (χ0) is 14.8. The first-order chi connectivity index (χ1) is 10.1. The fourth-order valence-corrected chi connectivity index (χ4v) is 3.09. The highest BCUT2D eigenvalue weighted by atomic mass is 16.1. The van der Waals surface area contributed by atoms with Gasteiger partial charge >= 0.3 is 0 Å². The van der Waals surface area contributed by atoms with Crippen LogP contribution in [-0.4, -0.2) is 34.7 Å². The molecule has 2 fully saturated rings. The lowest BCUT2D eigenvalue weighted by Crippen LogP contribution is -2.42. The van der Waals surface area contributed by atoms with Crippen molar-refractivity contribution in [2.75, 3.05) is 18.0 Å². The van der Waals surface area contributed by atoms with E-state index in [0.717, 1.165) is 32.5 Å². The van der Waals surface area contributed by atoms with Gasteiger partial charge in [-0.2, -0.15) is 0 Å². The molecule has 1 aromatic rings.